The van der Waals surface area contributed by atoms with Crippen molar-refractivity contribution in [3.8, 4) is 6.07 Å². The van der Waals surface area contributed by atoms with Gasteiger partial charge in [-0.1, -0.05) is 20.8 Å². The minimum Gasteiger partial charge on any atom is -0.352 e. The van der Waals surface area contributed by atoms with Gasteiger partial charge in [-0.05, 0) is 37.1 Å². The summed E-state index contributed by atoms with van der Waals surface area (Å²) in [4.78, 5) is 28.7. The maximum absolute atomic E-state index is 12.8. The number of rotatable bonds is 4. The van der Waals surface area contributed by atoms with Crippen LogP contribution in [0.15, 0.2) is 12.4 Å². The number of nitriles is 1. The molecule has 0 saturated carbocycles. The van der Waals surface area contributed by atoms with Crippen LogP contribution in [0.5, 0.6) is 0 Å². The first-order valence-electron chi connectivity index (χ1n) is 11.9. The van der Waals surface area contributed by atoms with Gasteiger partial charge in [0.05, 0.1) is 5.25 Å². The fourth-order valence-electron chi connectivity index (χ4n) is 5.16. The van der Waals surface area contributed by atoms with Gasteiger partial charge < -0.3 is 14.7 Å². The van der Waals surface area contributed by atoms with Crippen molar-refractivity contribution in [3.05, 3.63) is 29.2 Å². The maximum Gasteiger partial charge on any atom is 0.236 e. The molecule has 1 amide bonds. The topological polar surface area (TPSA) is 102 Å². The van der Waals surface area contributed by atoms with E-state index >= 15 is 0 Å². The Morgan fingerprint density at radius 2 is 2.03 bits per heavy atom. The second-order valence-electron chi connectivity index (χ2n) is 9.88. The molecule has 2 saturated heterocycles. The SMILES string of the molecule is CCc1cc(N2CC(C)(C)c3c(N4CCN(C(=O)C5CCS5)C(C)C4)ncnc32)nnc1C#N. The molecule has 34 heavy (non-hydrogen) atoms. The number of amides is 1. The predicted molar refractivity (Wildman–Crippen MR) is 132 cm³/mol. The third-order valence-electron chi connectivity index (χ3n) is 7.10. The van der Waals surface area contributed by atoms with E-state index in [-0.39, 0.29) is 22.6 Å². The number of fused-ring (bicyclic) bond motifs is 1. The van der Waals surface area contributed by atoms with Gasteiger partial charge in [0.15, 0.2) is 11.5 Å². The molecule has 0 N–H and O–H groups in total. The van der Waals surface area contributed by atoms with Crippen LogP contribution in [0.2, 0.25) is 0 Å². The summed E-state index contributed by atoms with van der Waals surface area (Å²) in [5, 5.41) is 18.0. The van der Waals surface area contributed by atoms with Crippen LogP contribution in [0.25, 0.3) is 0 Å². The largest absolute Gasteiger partial charge is 0.352 e. The normalized spacial score (nSPS) is 23.3. The van der Waals surface area contributed by atoms with Crippen molar-refractivity contribution in [3.63, 3.8) is 0 Å². The quantitative estimate of drug-likeness (QED) is 0.656. The minimum absolute atomic E-state index is 0.130. The van der Waals surface area contributed by atoms with Crippen LogP contribution in [0.1, 0.15) is 50.9 Å². The van der Waals surface area contributed by atoms with Crippen molar-refractivity contribution in [2.75, 3.05) is 41.7 Å². The Hall–Kier alpha value is -2.93. The van der Waals surface area contributed by atoms with E-state index in [0.717, 1.165) is 48.0 Å². The molecule has 3 aliphatic heterocycles. The molecule has 2 unspecified atom stereocenters. The molecule has 0 bridgehead atoms. The summed E-state index contributed by atoms with van der Waals surface area (Å²) in [5.74, 6) is 3.86. The number of thioether (sulfide) groups is 1. The maximum atomic E-state index is 12.8. The highest BCUT2D eigenvalue weighted by atomic mass is 32.2. The standard InChI is InChI=1S/C24H30N8OS/c1-5-16-10-19(29-28-17(16)11-25)32-13-24(3,4)20-21(26-14-27-22(20)32)30-7-8-31(15(2)12-30)23(33)18-6-9-34-18/h10,14-15,18H,5-9,12-13H2,1-4H3. The molecule has 0 radical (unpaired) electrons. The van der Waals surface area contributed by atoms with E-state index in [1.807, 2.05) is 17.9 Å². The van der Waals surface area contributed by atoms with Crippen molar-refractivity contribution in [1.29, 1.82) is 5.26 Å². The number of hydrogen-bond acceptors (Lipinski definition) is 9. The van der Waals surface area contributed by atoms with E-state index in [1.165, 1.54) is 0 Å². The molecule has 0 aliphatic carbocycles. The summed E-state index contributed by atoms with van der Waals surface area (Å²) in [6, 6.07) is 4.21. The molecule has 5 rings (SSSR count). The second kappa shape index (κ2) is 8.69. The molecule has 178 valence electrons. The number of nitrogens with zero attached hydrogens (tertiary/aromatic N) is 8. The van der Waals surface area contributed by atoms with Crippen LogP contribution < -0.4 is 9.80 Å². The number of carbonyl (C=O) groups is 1. The average Bonchev–Trinajstić information content (AvgIpc) is 3.08. The third kappa shape index (κ3) is 3.76. The number of aryl methyl sites for hydroxylation is 1. The molecular formula is C24H30N8OS. The van der Waals surface area contributed by atoms with Crippen LogP contribution in [0, 0.1) is 11.3 Å². The van der Waals surface area contributed by atoms with Crippen LogP contribution >= 0.6 is 11.8 Å². The van der Waals surface area contributed by atoms with Crippen LogP contribution in [-0.4, -0.2) is 74.2 Å². The lowest BCUT2D eigenvalue weighted by atomic mass is 9.87. The predicted octanol–water partition coefficient (Wildman–Crippen LogP) is 2.67. The fraction of sp³-hybridized carbons (Fsp3) is 0.583. The highest BCUT2D eigenvalue weighted by molar-refractivity contribution is 8.01. The van der Waals surface area contributed by atoms with Gasteiger partial charge in [-0.3, -0.25) is 4.79 Å². The van der Waals surface area contributed by atoms with Gasteiger partial charge in [-0.25, -0.2) is 9.97 Å². The van der Waals surface area contributed by atoms with Gasteiger partial charge in [0.1, 0.15) is 24.0 Å². The van der Waals surface area contributed by atoms with Gasteiger partial charge in [-0.15, -0.1) is 22.0 Å². The lowest BCUT2D eigenvalue weighted by molar-refractivity contribution is -0.133. The minimum atomic E-state index is -0.202. The van der Waals surface area contributed by atoms with Crippen molar-refractivity contribution in [2.45, 2.75) is 57.2 Å². The highest BCUT2D eigenvalue weighted by Gasteiger charge is 2.43. The first-order chi connectivity index (χ1) is 16.3. The fourth-order valence-corrected chi connectivity index (χ4v) is 5.91. The Labute approximate surface area is 204 Å². The number of piperazine rings is 1. The number of aromatic nitrogens is 4. The lowest BCUT2D eigenvalue weighted by Crippen LogP contribution is -2.57. The van der Waals surface area contributed by atoms with Crippen LogP contribution in [0.3, 0.4) is 0 Å². The zero-order chi connectivity index (χ0) is 24.0. The van der Waals surface area contributed by atoms with E-state index in [0.29, 0.717) is 31.0 Å². The molecule has 0 spiro atoms. The van der Waals surface area contributed by atoms with E-state index in [9.17, 15) is 10.1 Å². The number of carbonyl (C=O) groups excluding carboxylic acids is 1. The van der Waals surface area contributed by atoms with E-state index in [1.54, 1.807) is 18.1 Å². The van der Waals surface area contributed by atoms with Gasteiger partial charge >= 0.3 is 0 Å². The summed E-state index contributed by atoms with van der Waals surface area (Å²) in [6.07, 6.45) is 3.33. The Kier molecular flexibility index (Phi) is 5.84. The van der Waals surface area contributed by atoms with E-state index < -0.39 is 0 Å². The van der Waals surface area contributed by atoms with Crippen molar-refractivity contribution in [2.24, 2.45) is 0 Å². The zero-order valence-corrected chi connectivity index (χ0v) is 21.0. The molecule has 2 aromatic rings. The summed E-state index contributed by atoms with van der Waals surface area (Å²) < 4.78 is 0. The van der Waals surface area contributed by atoms with E-state index in [4.69, 9.17) is 4.98 Å². The summed E-state index contributed by atoms with van der Waals surface area (Å²) in [6.45, 7) is 11.5. The molecule has 9 nitrogen and oxygen atoms in total. The van der Waals surface area contributed by atoms with Crippen LogP contribution in [-0.2, 0) is 16.6 Å². The molecule has 10 heteroatoms. The molecular weight excluding hydrogens is 448 g/mol. The van der Waals surface area contributed by atoms with Crippen molar-refractivity contribution < 1.29 is 4.79 Å². The van der Waals surface area contributed by atoms with E-state index in [2.05, 4.69) is 51.8 Å². The molecule has 2 aromatic heterocycles. The number of anilines is 3. The Morgan fingerprint density at radius 1 is 1.26 bits per heavy atom. The third-order valence-corrected chi connectivity index (χ3v) is 8.41. The van der Waals surface area contributed by atoms with Crippen LogP contribution in [0.4, 0.5) is 17.5 Å². The van der Waals surface area contributed by atoms with Crippen molar-refractivity contribution >= 4 is 35.1 Å². The molecule has 2 atom stereocenters. The molecule has 0 aromatic carbocycles. The van der Waals surface area contributed by atoms with Gasteiger partial charge in [0.2, 0.25) is 5.91 Å². The Bertz CT molecular complexity index is 1160. The first-order valence-corrected chi connectivity index (χ1v) is 13.0. The first kappa shape index (κ1) is 22.8. The lowest BCUT2D eigenvalue weighted by Gasteiger charge is -2.43. The monoisotopic (exact) mass is 478 g/mol. The zero-order valence-electron chi connectivity index (χ0n) is 20.2. The number of hydrogen-bond donors (Lipinski definition) is 0. The molecule has 5 heterocycles. The average molecular weight is 479 g/mol. The second-order valence-corrected chi connectivity index (χ2v) is 11.2. The summed E-state index contributed by atoms with van der Waals surface area (Å²) in [5.41, 5.74) is 2.15. The Balaban J connectivity index is 1.45. The molecule has 3 aliphatic rings. The van der Waals surface area contributed by atoms with Gasteiger partial charge in [0, 0.05) is 43.2 Å². The van der Waals surface area contributed by atoms with Gasteiger partial charge in [-0.2, -0.15) is 5.26 Å². The van der Waals surface area contributed by atoms with Gasteiger partial charge in [0.25, 0.3) is 0 Å². The van der Waals surface area contributed by atoms with Crippen molar-refractivity contribution in [1.82, 2.24) is 25.1 Å². The highest BCUT2D eigenvalue weighted by Crippen LogP contribution is 2.46. The Morgan fingerprint density at radius 3 is 2.68 bits per heavy atom. The summed E-state index contributed by atoms with van der Waals surface area (Å²) in [7, 11) is 0. The molecule has 2 fully saturated rings. The summed E-state index contributed by atoms with van der Waals surface area (Å²) >= 11 is 1.77. The smallest absolute Gasteiger partial charge is 0.236 e.